The molecule has 0 aliphatic rings. The highest BCUT2D eigenvalue weighted by Crippen LogP contribution is 2.09. The first-order valence-corrected chi connectivity index (χ1v) is 7.02. The van der Waals surface area contributed by atoms with Crippen LogP contribution < -0.4 is 10.6 Å². The van der Waals surface area contributed by atoms with Crippen molar-refractivity contribution in [2.45, 2.75) is 6.54 Å². The second-order valence-corrected chi connectivity index (χ2v) is 4.88. The zero-order valence-electron chi connectivity index (χ0n) is 11.7. The summed E-state index contributed by atoms with van der Waals surface area (Å²) < 4.78 is 13.3. The molecule has 0 unspecified atom stereocenters. The maximum atomic E-state index is 13.3. The van der Waals surface area contributed by atoms with E-state index in [0.717, 1.165) is 5.56 Å². The van der Waals surface area contributed by atoms with E-state index in [2.05, 4.69) is 22.5 Å². The third kappa shape index (κ3) is 5.12. The highest BCUT2D eigenvalue weighted by molar-refractivity contribution is 6.30. The van der Waals surface area contributed by atoms with E-state index in [0.29, 0.717) is 17.1 Å². The molecule has 2 aromatic rings. The van der Waals surface area contributed by atoms with E-state index >= 15 is 0 Å². The van der Waals surface area contributed by atoms with Crippen molar-refractivity contribution in [2.24, 2.45) is 0 Å². The fraction of sp³-hybridized carbons (Fsp3) is 0.118. The lowest BCUT2D eigenvalue weighted by molar-refractivity contribution is 0.241. The van der Waals surface area contributed by atoms with Crippen molar-refractivity contribution in [3.05, 3.63) is 70.5 Å². The molecule has 0 fully saturated rings. The van der Waals surface area contributed by atoms with Gasteiger partial charge in [-0.05, 0) is 29.8 Å². The first-order valence-electron chi connectivity index (χ1n) is 6.65. The number of benzene rings is 2. The monoisotopic (exact) mass is 316 g/mol. The fourth-order valence-corrected chi connectivity index (χ4v) is 1.80. The van der Waals surface area contributed by atoms with Crippen molar-refractivity contribution in [2.75, 3.05) is 6.54 Å². The first kappa shape index (κ1) is 15.9. The zero-order chi connectivity index (χ0) is 15.8. The van der Waals surface area contributed by atoms with Crippen LogP contribution in [0.2, 0.25) is 5.02 Å². The second-order valence-electron chi connectivity index (χ2n) is 4.44. The predicted molar refractivity (Wildman–Crippen MR) is 85.0 cm³/mol. The summed E-state index contributed by atoms with van der Waals surface area (Å²) in [6, 6.07) is 13.1. The highest BCUT2D eigenvalue weighted by atomic mass is 35.5. The van der Waals surface area contributed by atoms with Crippen LogP contribution in [0.1, 0.15) is 11.1 Å². The lowest BCUT2D eigenvalue weighted by Gasteiger charge is -2.05. The van der Waals surface area contributed by atoms with Crippen LogP contribution in [0, 0.1) is 17.7 Å². The summed E-state index contributed by atoms with van der Waals surface area (Å²) in [7, 11) is 0. The molecule has 0 radical (unpaired) electrons. The van der Waals surface area contributed by atoms with Crippen LogP contribution in [-0.4, -0.2) is 12.6 Å². The Morgan fingerprint density at radius 2 is 1.82 bits per heavy atom. The summed E-state index contributed by atoms with van der Waals surface area (Å²) in [6.07, 6.45) is 0. The van der Waals surface area contributed by atoms with Crippen LogP contribution in [0.25, 0.3) is 0 Å². The zero-order valence-corrected chi connectivity index (χ0v) is 12.5. The molecule has 2 aromatic carbocycles. The van der Waals surface area contributed by atoms with Gasteiger partial charge in [-0.3, -0.25) is 0 Å². The van der Waals surface area contributed by atoms with Gasteiger partial charge in [0.05, 0.1) is 12.1 Å². The third-order valence-electron chi connectivity index (χ3n) is 2.80. The first-order chi connectivity index (χ1) is 10.6. The van der Waals surface area contributed by atoms with Crippen molar-refractivity contribution in [3.8, 4) is 11.8 Å². The number of nitrogens with one attached hydrogen (secondary N) is 2. The Labute approximate surface area is 133 Å². The number of carbonyl (C=O) groups excluding carboxylic acids is 1. The molecule has 0 spiro atoms. The Balaban J connectivity index is 1.74. The number of urea groups is 1. The average molecular weight is 317 g/mol. The number of amides is 2. The largest absolute Gasteiger partial charge is 0.334 e. The molecule has 0 heterocycles. The van der Waals surface area contributed by atoms with E-state index < -0.39 is 0 Å². The van der Waals surface area contributed by atoms with E-state index in [-0.39, 0.29) is 18.4 Å². The molecule has 2 amide bonds. The minimum absolute atomic E-state index is 0.140. The Hall–Kier alpha value is -2.51. The number of hydrogen-bond donors (Lipinski definition) is 2. The normalized spacial score (nSPS) is 9.55. The Morgan fingerprint density at radius 3 is 2.55 bits per heavy atom. The number of hydrogen-bond acceptors (Lipinski definition) is 1. The van der Waals surface area contributed by atoms with Gasteiger partial charge in [-0.1, -0.05) is 47.7 Å². The van der Waals surface area contributed by atoms with Crippen LogP contribution in [-0.2, 0) is 6.54 Å². The van der Waals surface area contributed by atoms with E-state index in [1.807, 2.05) is 12.1 Å². The van der Waals surface area contributed by atoms with E-state index in [1.54, 1.807) is 30.3 Å². The molecule has 5 heteroatoms. The molecule has 0 aliphatic carbocycles. The lowest BCUT2D eigenvalue weighted by atomic mass is 10.2. The summed E-state index contributed by atoms with van der Waals surface area (Å²) in [5.74, 6) is 4.99. The molecule has 0 saturated carbocycles. The molecule has 0 saturated heterocycles. The molecule has 3 nitrogen and oxygen atoms in total. The van der Waals surface area contributed by atoms with Crippen molar-refractivity contribution < 1.29 is 9.18 Å². The molecule has 0 aromatic heterocycles. The molecule has 22 heavy (non-hydrogen) atoms. The van der Waals surface area contributed by atoms with Gasteiger partial charge < -0.3 is 10.6 Å². The topological polar surface area (TPSA) is 41.1 Å². The van der Waals surface area contributed by atoms with E-state index in [9.17, 15) is 9.18 Å². The fourth-order valence-electron chi connectivity index (χ4n) is 1.67. The minimum atomic E-state index is -0.373. The minimum Gasteiger partial charge on any atom is -0.334 e. The number of carbonyl (C=O) groups is 1. The maximum absolute atomic E-state index is 13.3. The Morgan fingerprint density at radius 1 is 1.09 bits per heavy atom. The summed E-state index contributed by atoms with van der Waals surface area (Å²) in [5, 5.41) is 5.92. The standard InChI is InChI=1S/C17H14ClFN2O/c18-15-9-7-13(8-10-15)12-21-17(22)20-11-3-5-14-4-1-2-6-16(14)19/h1-2,4,6-10H,11-12H2,(H2,20,21,22). The van der Waals surface area contributed by atoms with Gasteiger partial charge in [0.2, 0.25) is 0 Å². The summed E-state index contributed by atoms with van der Waals surface area (Å²) >= 11 is 5.78. The van der Waals surface area contributed by atoms with Gasteiger partial charge in [0.25, 0.3) is 0 Å². The van der Waals surface area contributed by atoms with Gasteiger partial charge in [0.15, 0.2) is 0 Å². The van der Waals surface area contributed by atoms with E-state index in [4.69, 9.17) is 11.6 Å². The van der Waals surface area contributed by atoms with Crippen LogP contribution in [0.15, 0.2) is 48.5 Å². The van der Waals surface area contributed by atoms with Crippen molar-refractivity contribution in [3.63, 3.8) is 0 Å². The van der Waals surface area contributed by atoms with Crippen molar-refractivity contribution in [1.29, 1.82) is 0 Å². The van der Waals surface area contributed by atoms with Gasteiger partial charge in [0.1, 0.15) is 5.82 Å². The lowest BCUT2D eigenvalue weighted by Crippen LogP contribution is -2.35. The third-order valence-corrected chi connectivity index (χ3v) is 3.05. The highest BCUT2D eigenvalue weighted by Gasteiger charge is 1.99. The Bertz CT molecular complexity index is 705. The second kappa shape index (κ2) is 8.06. The molecule has 0 aliphatic heterocycles. The smallest absolute Gasteiger partial charge is 0.315 e. The molecular weight excluding hydrogens is 303 g/mol. The van der Waals surface area contributed by atoms with Gasteiger partial charge in [-0.15, -0.1) is 0 Å². The molecular formula is C17H14ClFN2O. The molecule has 0 bridgehead atoms. The molecule has 2 N–H and O–H groups in total. The average Bonchev–Trinajstić information content (AvgIpc) is 2.52. The van der Waals surface area contributed by atoms with Gasteiger partial charge in [0, 0.05) is 11.6 Å². The molecule has 0 atom stereocenters. The summed E-state index contributed by atoms with van der Waals surface area (Å²) in [4.78, 5) is 11.6. The number of halogens is 2. The van der Waals surface area contributed by atoms with Crippen LogP contribution in [0.5, 0.6) is 0 Å². The predicted octanol–water partition coefficient (Wildman–Crippen LogP) is 3.33. The molecule has 112 valence electrons. The van der Waals surface area contributed by atoms with E-state index in [1.165, 1.54) is 6.07 Å². The maximum Gasteiger partial charge on any atom is 0.315 e. The van der Waals surface area contributed by atoms with Crippen molar-refractivity contribution >= 4 is 17.6 Å². The van der Waals surface area contributed by atoms with Crippen LogP contribution in [0.3, 0.4) is 0 Å². The molecule has 2 rings (SSSR count). The van der Waals surface area contributed by atoms with Gasteiger partial charge >= 0.3 is 6.03 Å². The van der Waals surface area contributed by atoms with Crippen LogP contribution in [0.4, 0.5) is 9.18 Å². The van der Waals surface area contributed by atoms with Gasteiger partial charge in [-0.25, -0.2) is 9.18 Å². The Kier molecular flexibility index (Phi) is 5.81. The van der Waals surface area contributed by atoms with Gasteiger partial charge in [-0.2, -0.15) is 0 Å². The summed E-state index contributed by atoms with van der Waals surface area (Å²) in [6.45, 7) is 0.532. The number of rotatable bonds is 3. The van der Waals surface area contributed by atoms with Crippen LogP contribution >= 0.6 is 11.6 Å². The quantitative estimate of drug-likeness (QED) is 0.838. The SMILES string of the molecule is O=C(NCC#Cc1ccccc1F)NCc1ccc(Cl)cc1. The summed E-state index contributed by atoms with van der Waals surface area (Å²) in [5.41, 5.74) is 1.25. The van der Waals surface area contributed by atoms with Crippen molar-refractivity contribution in [1.82, 2.24) is 10.6 Å².